The minimum atomic E-state index is -2.17. The predicted octanol–water partition coefficient (Wildman–Crippen LogP) is -0.499. The molecule has 0 saturated carbocycles. The number of carbonyl (C=O) groups is 1. The van der Waals surface area contributed by atoms with E-state index in [2.05, 4.69) is 0 Å². The maximum atomic E-state index is 9.62. The van der Waals surface area contributed by atoms with E-state index in [1.165, 1.54) is 0 Å². The smallest absolute Gasteiger partial charge is 0.356 e. The molecule has 0 bridgehead atoms. The van der Waals surface area contributed by atoms with Crippen molar-refractivity contribution in [1.82, 2.24) is 5.39 Å². The highest BCUT2D eigenvalue weighted by Gasteiger charge is 2.29. The Labute approximate surface area is 130 Å². The fourth-order valence-electron chi connectivity index (χ4n) is 0.458. The van der Waals surface area contributed by atoms with Crippen molar-refractivity contribution in [3.63, 3.8) is 0 Å². The van der Waals surface area contributed by atoms with Crippen molar-refractivity contribution >= 4 is 40.8 Å². The van der Waals surface area contributed by atoms with Crippen LogP contribution in [0.5, 0.6) is 0 Å². The molecule has 20 heavy (non-hydrogen) atoms. The van der Waals surface area contributed by atoms with Crippen LogP contribution in [0.25, 0.3) is 0 Å². The quantitative estimate of drug-likeness (QED) is 0.318. The van der Waals surface area contributed by atoms with Gasteiger partial charge in [0.25, 0.3) is 3.79 Å². The molecule has 0 aromatic heterocycles. The molecule has 122 valence electrons. The van der Waals surface area contributed by atoms with Gasteiger partial charge in [-0.2, -0.15) is 0 Å². The van der Waals surface area contributed by atoms with Crippen molar-refractivity contribution in [2.24, 2.45) is 0 Å². The van der Waals surface area contributed by atoms with E-state index >= 15 is 0 Å². The lowest BCUT2D eigenvalue weighted by Crippen LogP contribution is -2.28. The maximum absolute atomic E-state index is 9.62. The summed E-state index contributed by atoms with van der Waals surface area (Å²) in [6, 6.07) is 0. The molecule has 0 rings (SSSR count). The topological polar surface area (TPSA) is 129 Å². The fourth-order valence-corrected chi connectivity index (χ4v) is 0.458. The largest absolute Gasteiger partial charge is 0.478 e. The highest BCUT2D eigenvalue weighted by Crippen LogP contribution is 2.25. The molecule has 9 nitrogen and oxygen atoms in total. The van der Waals surface area contributed by atoms with E-state index in [0.29, 0.717) is 5.39 Å². The van der Waals surface area contributed by atoms with E-state index in [1.54, 1.807) is 0 Å². The van der Waals surface area contributed by atoms with E-state index in [9.17, 15) is 4.79 Å². The molecule has 12 heteroatoms. The van der Waals surface area contributed by atoms with Crippen LogP contribution in [0.2, 0.25) is 0 Å². The Bertz CT molecular complexity index is 221. The predicted molar refractivity (Wildman–Crippen MR) is 68.9 cm³/mol. The van der Waals surface area contributed by atoms with Crippen LogP contribution in [0.1, 0.15) is 0 Å². The van der Waals surface area contributed by atoms with Gasteiger partial charge >= 0.3 is 5.97 Å². The van der Waals surface area contributed by atoms with Gasteiger partial charge in [-0.3, -0.25) is 0 Å². The molecule has 0 aliphatic heterocycles. The van der Waals surface area contributed by atoms with Crippen LogP contribution in [-0.2, 0) is 19.3 Å². The second-order valence-corrected chi connectivity index (χ2v) is 4.98. The molecular weight excluding hydrogens is 344 g/mol. The molecule has 0 unspecified atom stereocenters. The lowest BCUT2D eigenvalue weighted by molar-refractivity contribution is -0.527. The molecule has 4 N–H and O–H groups in total. The molecule has 0 aromatic rings. The van der Waals surface area contributed by atoms with Gasteiger partial charge in [-0.15, -0.1) is 0 Å². The highest BCUT2D eigenvalue weighted by molar-refractivity contribution is 6.75. The monoisotopic (exact) mass is 359 g/mol. The van der Waals surface area contributed by atoms with E-state index in [-0.39, 0.29) is 39.6 Å². The van der Waals surface area contributed by atoms with E-state index in [4.69, 9.17) is 69.7 Å². The molecule has 0 amide bonds. The molecule has 0 aliphatic rings. The molecule has 0 atom stereocenters. The van der Waals surface area contributed by atoms with Crippen molar-refractivity contribution in [3.05, 3.63) is 0 Å². The summed E-state index contributed by atoms with van der Waals surface area (Å²) in [7, 11) is 0. The number of carboxylic acids is 1. The van der Waals surface area contributed by atoms with Crippen molar-refractivity contribution in [2.45, 2.75) is 3.79 Å². The number of alkyl halides is 3. The average molecular weight is 361 g/mol. The highest BCUT2D eigenvalue weighted by atomic mass is 35.6. The maximum Gasteiger partial charge on any atom is 0.356 e. The van der Waals surface area contributed by atoms with Crippen LogP contribution < -0.4 is 0 Å². The third-order valence-corrected chi connectivity index (χ3v) is 1.59. The summed E-state index contributed by atoms with van der Waals surface area (Å²) in [5.74, 6) is -1.46. The summed E-state index contributed by atoms with van der Waals surface area (Å²) in [6.07, 6.45) is 0. The Kier molecular flexibility index (Phi) is 15.7. The molecule has 0 spiro atoms. The van der Waals surface area contributed by atoms with Crippen molar-refractivity contribution in [3.8, 4) is 0 Å². The van der Waals surface area contributed by atoms with Gasteiger partial charge in [-0.25, -0.2) is 19.3 Å². The van der Waals surface area contributed by atoms with Crippen molar-refractivity contribution < 1.29 is 39.7 Å². The second kappa shape index (κ2) is 14.0. The number of aliphatic carboxylic acids is 1. The van der Waals surface area contributed by atoms with Crippen LogP contribution in [0.15, 0.2) is 0 Å². The Morgan fingerprint density at radius 2 is 1.15 bits per heavy atom. The molecule has 0 heterocycles. The average Bonchev–Trinajstić information content (AvgIpc) is 2.37. The second-order valence-electron chi connectivity index (χ2n) is 2.70. The fraction of sp³-hybridized carbons (Fsp3) is 0.875. The third-order valence-electron chi connectivity index (χ3n) is 1.11. The third kappa shape index (κ3) is 16.1. The number of aliphatic hydroxyl groups excluding tert-OH is 3. The first-order chi connectivity index (χ1) is 9.29. The van der Waals surface area contributed by atoms with Crippen LogP contribution in [0.4, 0.5) is 0 Å². The molecule has 0 saturated heterocycles. The van der Waals surface area contributed by atoms with Gasteiger partial charge in [-0.05, 0) is 0 Å². The summed E-state index contributed by atoms with van der Waals surface area (Å²) in [5, 5.41) is 33.7. The lowest BCUT2D eigenvalue weighted by atomic mass is 10.8. The zero-order valence-corrected chi connectivity index (χ0v) is 12.5. The van der Waals surface area contributed by atoms with Crippen molar-refractivity contribution in [1.29, 1.82) is 0 Å². The van der Waals surface area contributed by atoms with E-state index in [0.717, 1.165) is 0 Å². The van der Waals surface area contributed by atoms with E-state index < -0.39 is 9.76 Å². The molecule has 0 fully saturated rings. The van der Waals surface area contributed by atoms with Crippen LogP contribution in [0, 0.1) is 0 Å². The first-order valence-corrected chi connectivity index (χ1v) is 6.24. The number of carboxylic acid groups (broad SMARTS) is 1. The summed E-state index contributed by atoms with van der Waals surface area (Å²) in [4.78, 5) is 23.8. The number of rotatable bonds is 9. The summed E-state index contributed by atoms with van der Waals surface area (Å²) < 4.78 is -2.17. The van der Waals surface area contributed by atoms with Gasteiger partial charge in [0.15, 0.2) is 0 Å². The molecule has 0 aliphatic carbocycles. The number of hydrogen-bond acceptors (Lipinski definition) is 8. The Morgan fingerprint density at radius 3 is 1.30 bits per heavy atom. The molecular formula is C8H16Cl3NO8. The van der Waals surface area contributed by atoms with Gasteiger partial charge in [0.05, 0.1) is 45.0 Å². The number of nitrogens with zero attached hydrogens (tertiary/aromatic N) is 1. The first kappa shape index (κ1) is 22.3. The van der Waals surface area contributed by atoms with Gasteiger partial charge in [0.2, 0.25) is 0 Å². The summed E-state index contributed by atoms with van der Waals surface area (Å²) in [6.45, 7) is -0.505. The van der Waals surface area contributed by atoms with Crippen molar-refractivity contribution in [2.75, 3.05) is 39.6 Å². The minimum absolute atomic E-state index is 0.0108. The Balaban J connectivity index is 0. The van der Waals surface area contributed by atoms with Crippen LogP contribution in [-0.4, -0.2) is 75.2 Å². The van der Waals surface area contributed by atoms with Crippen LogP contribution in [0.3, 0.4) is 0 Å². The Morgan fingerprint density at radius 1 is 0.900 bits per heavy atom. The van der Waals surface area contributed by atoms with Gasteiger partial charge < -0.3 is 20.4 Å². The zero-order chi connectivity index (χ0) is 16.0. The number of hydrogen-bond donors (Lipinski definition) is 4. The normalized spacial score (nSPS) is 11.2. The SMILES string of the molecule is O=C(O)C(Cl)(Cl)Cl.OCCON(OCCO)OCCO. The van der Waals surface area contributed by atoms with Gasteiger partial charge in [0.1, 0.15) is 0 Å². The summed E-state index contributed by atoms with van der Waals surface area (Å²) >= 11 is 14.4. The lowest BCUT2D eigenvalue weighted by Gasteiger charge is -2.17. The van der Waals surface area contributed by atoms with E-state index in [1.807, 2.05) is 0 Å². The minimum Gasteiger partial charge on any atom is -0.478 e. The number of halogens is 3. The van der Waals surface area contributed by atoms with Gasteiger partial charge in [0, 0.05) is 0 Å². The Hall–Kier alpha value is 0.0600. The molecule has 0 aromatic carbocycles. The van der Waals surface area contributed by atoms with Gasteiger partial charge in [-0.1, -0.05) is 34.8 Å². The number of aliphatic hydroxyl groups is 3. The first-order valence-electron chi connectivity index (χ1n) is 5.11. The van der Waals surface area contributed by atoms with Crippen LogP contribution >= 0.6 is 34.8 Å². The molecule has 0 radical (unpaired) electrons. The zero-order valence-electron chi connectivity index (χ0n) is 10.2. The standard InChI is InChI=1S/C6H15NO6.C2HCl3O2/c8-1-4-11-7(12-5-2-9)13-6-3-10;3-2(4,5)1(6)7/h8-10H,1-6H2;(H,6,7). The summed E-state index contributed by atoms with van der Waals surface area (Å²) in [5.41, 5.74) is 0.